The van der Waals surface area contributed by atoms with Crippen LogP contribution in [0.2, 0.25) is 0 Å². The molecule has 3 heterocycles. The highest BCUT2D eigenvalue weighted by molar-refractivity contribution is 7.91. The number of carbonyl (C=O) groups is 2. The van der Waals surface area contributed by atoms with Gasteiger partial charge in [-0.2, -0.15) is 4.31 Å². The van der Waals surface area contributed by atoms with Crippen LogP contribution in [-0.4, -0.2) is 64.1 Å². The maximum Gasteiger partial charge on any atom is 0.311 e. The predicted octanol–water partition coefficient (Wildman–Crippen LogP) is 1.44. The minimum Gasteiger partial charge on any atom is -0.455 e. The second kappa shape index (κ2) is 8.84. The quantitative estimate of drug-likeness (QED) is 0.619. The highest BCUT2D eigenvalue weighted by Gasteiger charge is 2.28. The Balaban J connectivity index is 1.31. The fourth-order valence-electron chi connectivity index (χ4n) is 3.52. The number of hydrogen-bond acceptors (Lipinski definition) is 7. The van der Waals surface area contributed by atoms with Gasteiger partial charge >= 0.3 is 5.97 Å². The molecule has 0 bridgehead atoms. The molecule has 10 heteroatoms. The SMILES string of the molecule is O=C(Cc1ccc(S(=O)(=O)N2CCOCC2)s1)OCC(=O)N1CCc2ccccc21. The number of anilines is 1. The van der Waals surface area contributed by atoms with Crippen molar-refractivity contribution in [3.05, 3.63) is 46.8 Å². The number of morpholine rings is 1. The second-order valence-electron chi connectivity index (χ2n) is 7.00. The van der Waals surface area contributed by atoms with Gasteiger partial charge in [-0.25, -0.2) is 8.42 Å². The molecule has 1 aromatic heterocycles. The molecule has 2 aliphatic rings. The summed E-state index contributed by atoms with van der Waals surface area (Å²) in [6.07, 6.45) is 0.707. The van der Waals surface area contributed by atoms with E-state index in [-0.39, 0.29) is 23.1 Å². The van der Waals surface area contributed by atoms with Crippen molar-refractivity contribution >= 4 is 38.9 Å². The van der Waals surface area contributed by atoms with Crippen LogP contribution in [0.25, 0.3) is 0 Å². The van der Waals surface area contributed by atoms with Crippen molar-refractivity contribution < 1.29 is 27.5 Å². The molecule has 0 radical (unpaired) electrons. The number of thiophene rings is 1. The molecule has 1 amide bonds. The van der Waals surface area contributed by atoms with Gasteiger partial charge in [0.25, 0.3) is 15.9 Å². The summed E-state index contributed by atoms with van der Waals surface area (Å²) in [7, 11) is -3.58. The van der Waals surface area contributed by atoms with E-state index in [0.29, 0.717) is 37.7 Å². The Morgan fingerprint density at radius 1 is 1.07 bits per heavy atom. The van der Waals surface area contributed by atoms with Gasteiger partial charge < -0.3 is 14.4 Å². The van der Waals surface area contributed by atoms with Gasteiger partial charge in [-0.3, -0.25) is 9.59 Å². The van der Waals surface area contributed by atoms with Gasteiger partial charge in [0.05, 0.1) is 19.6 Å². The summed E-state index contributed by atoms with van der Waals surface area (Å²) in [6.45, 7) is 1.62. The molecule has 0 saturated carbocycles. The van der Waals surface area contributed by atoms with Gasteiger partial charge in [0.1, 0.15) is 4.21 Å². The van der Waals surface area contributed by atoms with Crippen molar-refractivity contribution in [1.82, 2.24) is 4.31 Å². The summed E-state index contributed by atoms with van der Waals surface area (Å²) >= 11 is 1.05. The first-order chi connectivity index (χ1) is 14.4. The third-order valence-electron chi connectivity index (χ3n) is 5.06. The molecule has 0 spiro atoms. The molecule has 1 fully saturated rings. The van der Waals surface area contributed by atoms with Crippen LogP contribution in [0.4, 0.5) is 5.69 Å². The summed E-state index contributed by atoms with van der Waals surface area (Å²) in [4.78, 5) is 26.8. The maximum atomic E-state index is 12.7. The lowest BCUT2D eigenvalue weighted by Gasteiger charge is -2.25. The van der Waals surface area contributed by atoms with Crippen molar-refractivity contribution in [2.24, 2.45) is 0 Å². The van der Waals surface area contributed by atoms with Gasteiger partial charge in [-0.1, -0.05) is 18.2 Å². The molecule has 0 atom stereocenters. The maximum absolute atomic E-state index is 12.7. The van der Waals surface area contributed by atoms with Crippen molar-refractivity contribution in [2.45, 2.75) is 17.1 Å². The van der Waals surface area contributed by atoms with E-state index in [0.717, 1.165) is 29.0 Å². The second-order valence-corrected chi connectivity index (χ2v) is 10.3. The van der Waals surface area contributed by atoms with Crippen LogP contribution in [0.15, 0.2) is 40.6 Å². The van der Waals surface area contributed by atoms with Gasteiger partial charge in [0.2, 0.25) is 0 Å². The lowest BCUT2D eigenvalue weighted by molar-refractivity contribution is -0.147. The Morgan fingerprint density at radius 2 is 1.83 bits per heavy atom. The average Bonchev–Trinajstić information content (AvgIpc) is 3.40. The summed E-state index contributed by atoms with van der Waals surface area (Å²) in [5.74, 6) is -0.830. The third-order valence-corrected chi connectivity index (χ3v) is 8.52. The van der Waals surface area contributed by atoms with Gasteiger partial charge in [0, 0.05) is 30.2 Å². The van der Waals surface area contributed by atoms with Crippen molar-refractivity contribution in [3.8, 4) is 0 Å². The predicted molar refractivity (Wildman–Crippen MR) is 111 cm³/mol. The first-order valence-electron chi connectivity index (χ1n) is 9.65. The molecular formula is C20H22N2O6S2. The number of esters is 1. The molecule has 1 aromatic carbocycles. The van der Waals surface area contributed by atoms with Gasteiger partial charge in [0.15, 0.2) is 6.61 Å². The van der Waals surface area contributed by atoms with Gasteiger partial charge in [-0.15, -0.1) is 11.3 Å². The highest BCUT2D eigenvalue weighted by atomic mass is 32.2. The zero-order chi connectivity index (χ0) is 21.1. The Bertz CT molecular complexity index is 1040. The zero-order valence-corrected chi connectivity index (χ0v) is 17.9. The molecule has 4 rings (SSSR count). The monoisotopic (exact) mass is 450 g/mol. The van der Waals surface area contributed by atoms with E-state index >= 15 is 0 Å². The van der Waals surface area contributed by atoms with E-state index in [1.165, 1.54) is 10.4 Å². The Labute approximate surface area is 179 Å². The molecular weight excluding hydrogens is 428 g/mol. The fourth-order valence-corrected chi connectivity index (χ4v) is 6.42. The van der Waals surface area contributed by atoms with E-state index in [1.54, 1.807) is 11.0 Å². The fraction of sp³-hybridized carbons (Fsp3) is 0.400. The lowest BCUT2D eigenvalue weighted by atomic mass is 10.2. The molecule has 30 heavy (non-hydrogen) atoms. The number of hydrogen-bond donors (Lipinski definition) is 0. The minimum absolute atomic E-state index is 0.0762. The lowest BCUT2D eigenvalue weighted by Crippen LogP contribution is -2.40. The highest BCUT2D eigenvalue weighted by Crippen LogP contribution is 2.28. The van der Waals surface area contributed by atoms with E-state index in [9.17, 15) is 18.0 Å². The van der Waals surface area contributed by atoms with Crippen LogP contribution in [0, 0.1) is 0 Å². The van der Waals surface area contributed by atoms with Crippen LogP contribution < -0.4 is 4.90 Å². The molecule has 2 aromatic rings. The van der Waals surface area contributed by atoms with E-state index in [2.05, 4.69) is 0 Å². The number of ether oxygens (including phenoxy) is 2. The van der Waals surface area contributed by atoms with Gasteiger partial charge in [-0.05, 0) is 30.2 Å². The Morgan fingerprint density at radius 3 is 2.63 bits per heavy atom. The Kier molecular flexibility index (Phi) is 6.19. The number of sulfonamides is 1. The largest absolute Gasteiger partial charge is 0.455 e. The Hall–Kier alpha value is -2.27. The number of nitrogens with zero attached hydrogens (tertiary/aromatic N) is 2. The molecule has 8 nitrogen and oxygen atoms in total. The molecule has 0 aliphatic carbocycles. The molecule has 160 valence electrons. The molecule has 0 unspecified atom stereocenters. The first-order valence-corrected chi connectivity index (χ1v) is 11.9. The van der Waals surface area contributed by atoms with Crippen LogP contribution in [0.1, 0.15) is 10.4 Å². The van der Waals surface area contributed by atoms with Crippen LogP contribution in [-0.2, 0) is 41.9 Å². The number of rotatable bonds is 6. The number of fused-ring (bicyclic) bond motifs is 1. The van der Waals surface area contributed by atoms with E-state index in [4.69, 9.17) is 9.47 Å². The normalized spacial score (nSPS) is 17.0. The van der Waals surface area contributed by atoms with Crippen LogP contribution in [0.3, 0.4) is 0 Å². The van der Waals surface area contributed by atoms with Crippen molar-refractivity contribution in [1.29, 1.82) is 0 Å². The molecule has 2 aliphatic heterocycles. The smallest absolute Gasteiger partial charge is 0.311 e. The summed E-state index contributed by atoms with van der Waals surface area (Å²) in [5.41, 5.74) is 1.96. The standard InChI is InChI=1S/C20H22N2O6S2/c23-18(22-8-7-15-3-1-2-4-17(15)22)14-28-19(24)13-16-5-6-20(29-16)30(25,26)21-9-11-27-12-10-21/h1-6H,7-14H2. The average molecular weight is 451 g/mol. The van der Waals surface area contributed by atoms with Crippen molar-refractivity contribution in [3.63, 3.8) is 0 Å². The topological polar surface area (TPSA) is 93.2 Å². The summed E-state index contributed by atoms with van der Waals surface area (Å²) in [5, 5.41) is 0. The number of carbonyl (C=O) groups excluding carboxylic acids is 2. The van der Waals surface area contributed by atoms with Crippen LogP contribution in [0.5, 0.6) is 0 Å². The third kappa shape index (κ3) is 4.41. The number of para-hydroxylation sites is 1. The summed E-state index contributed by atoms with van der Waals surface area (Å²) in [6, 6.07) is 10.8. The first kappa shape index (κ1) is 21.0. The van der Waals surface area contributed by atoms with Crippen molar-refractivity contribution in [2.75, 3.05) is 44.4 Å². The van der Waals surface area contributed by atoms with Crippen LogP contribution >= 0.6 is 11.3 Å². The number of amides is 1. The molecule has 1 saturated heterocycles. The molecule has 0 N–H and O–H groups in total. The summed E-state index contributed by atoms with van der Waals surface area (Å²) < 4.78 is 37.2. The van der Waals surface area contributed by atoms with E-state index in [1.807, 2.05) is 24.3 Å². The minimum atomic E-state index is -3.58. The van der Waals surface area contributed by atoms with E-state index < -0.39 is 16.0 Å². The number of benzene rings is 1. The zero-order valence-electron chi connectivity index (χ0n) is 16.3.